The number of carboxylic acids is 1. The second-order valence-electron chi connectivity index (χ2n) is 5.99. The molecule has 3 rings (SSSR count). The maximum absolute atomic E-state index is 11.8. The van der Waals surface area contributed by atoms with Gasteiger partial charge in [-0.3, -0.25) is 4.79 Å². The zero-order valence-corrected chi connectivity index (χ0v) is 11.5. The fourth-order valence-electron chi connectivity index (χ4n) is 2.81. The maximum Gasteiger partial charge on any atom is 0.490 e. The van der Waals surface area contributed by atoms with Crippen LogP contribution in [0.1, 0.15) is 32.1 Å². The monoisotopic (exact) mass is 308 g/mol. The van der Waals surface area contributed by atoms with Gasteiger partial charge in [0.2, 0.25) is 5.91 Å². The van der Waals surface area contributed by atoms with Crippen LogP contribution in [0.15, 0.2) is 0 Å². The largest absolute Gasteiger partial charge is 0.490 e. The van der Waals surface area contributed by atoms with E-state index in [4.69, 9.17) is 9.90 Å². The van der Waals surface area contributed by atoms with Gasteiger partial charge in [-0.25, -0.2) is 4.79 Å². The Hall–Kier alpha value is -1.31. The highest BCUT2D eigenvalue weighted by molar-refractivity contribution is 5.83. The van der Waals surface area contributed by atoms with Crippen molar-refractivity contribution < 1.29 is 27.9 Å². The minimum Gasteiger partial charge on any atom is -0.475 e. The van der Waals surface area contributed by atoms with Crippen LogP contribution in [0.25, 0.3) is 0 Å². The van der Waals surface area contributed by atoms with E-state index >= 15 is 0 Å². The molecule has 120 valence electrons. The summed E-state index contributed by atoms with van der Waals surface area (Å²) in [6.45, 7) is 2.17. The summed E-state index contributed by atoms with van der Waals surface area (Å²) < 4.78 is 31.7. The van der Waals surface area contributed by atoms with E-state index in [-0.39, 0.29) is 0 Å². The first-order chi connectivity index (χ1) is 9.74. The molecule has 1 heterocycles. The summed E-state index contributed by atoms with van der Waals surface area (Å²) in [5, 5.41) is 13.6. The van der Waals surface area contributed by atoms with Crippen molar-refractivity contribution >= 4 is 11.9 Å². The third-order valence-corrected chi connectivity index (χ3v) is 4.48. The number of carbonyl (C=O) groups excluding carboxylic acids is 1. The Morgan fingerprint density at radius 1 is 1.29 bits per heavy atom. The van der Waals surface area contributed by atoms with Gasteiger partial charge in [-0.15, -0.1) is 0 Å². The Kier molecular flexibility index (Phi) is 4.46. The minimum absolute atomic E-state index is 0.332. The Balaban J connectivity index is 0.000000199. The summed E-state index contributed by atoms with van der Waals surface area (Å²) in [5.74, 6) is -2.09. The van der Waals surface area contributed by atoms with Crippen LogP contribution >= 0.6 is 0 Å². The van der Waals surface area contributed by atoms with Gasteiger partial charge in [-0.05, 0) is 44.1 Å². The van der Waals surface area contributed by atoms with E-state index in [9.17, 15) is 18.0 Å². The van der Waals surface area contributed by atoms with Crippen molar-refractivity contribution in [2.24, 2.45) is 11.3 Å². The van der Waals surface area contributed by atoms with E-state index in [0.29, 0.717) is 23.3 Å². The minimum atomic E-state index is -5.08. The van der Waals surface area contributed by atoms with Crippen molar-refractivity contribution in [3.63, 3.8) is 0 Å². The van der Waals surface area contributed by atoms with Crippen molar-refractivity contribution in [3.05, 3.63) is 0 Å². The van der Waals surface area contributed by atoms with Gasteiger partial charge < -0.3 is 15.7 Å². The van der Waals surface area contributed by atoms with Gasteiger partial charge in [-0.2, -0.15) is 13.2 Å². The molecule has 3 fully saturated rings. The Morgan fingerprint density at radius 3 is 2.29 bits per heavy atom. The summed E-state index contributed by atoms with van der Waals surface area (Å²) in [4.78, 5) is 20.7. The van der Waals surface area contributed by atoms with Crippen LogP contribution in [-0.4, -0.2) is 42.3 Å². The fourth-order valence-corrected chi connectivity index (χ4v) is 2.81. The Morgan fingerprint density at radius 2 is 1.90 bits per heavy atom. The molecule has 2 aliphatic carbocycles. The number of aliphatic carboxylic acids is 1. The van der Waals surface area contributed by atoms with Crippen LogP contribution in [0.5, 0.6) is 0 Å². The van der Waals surface area contributed by atoms with Gasteiger partial charge in [-0.1, -0.05) is 0 Å². The zero-order chi connectivity index (χ0) is 15.7. The molecule has 0 aromatic carbocycles. The van der Waals surface area contributed by atoms with Crippen molar-refractivity contribution in [1.29, 1.82) is 0 Å². The molecule has 2 unspecified atom stereocenters. The first kappa shape index (κ1) is 16.1. The first-order valence-electron chi connectivity index (χ1n) is 7.06. The van der Waals surface area contributed by atoms with E-state index in [1.54, 1.807) is 0 Å². The number of amides is 1. The highest BCUT2D eigenvalue weighted by atomic mass is 19.4. The average molecular weight is 308 g/mol. The highest BCUT2D eigenvalue weighted by Crippen LogP contribution is 2.56. The summed E-state index contributed by atoms with van der Waals surface area (Å²) in [5.41, 5.74) is 0.369. The van der Waals surface area contributed by atoms with Gasteiger partial charge in [0.05, 0.1) is 0 Å². The second-order valence-corrected chi connectivity index (χ2v) is 5.99. The lowest BCUT2D eigenvalue weighted by atomic mass is 9.92. The lowest BCUT2D eigenvalue weighted by Crippen LogP contribution is -2.41. The number of alkyl halides is 3. The number of rotatable bonds is 2. The molecule has 3 N–H and O–H groups in total. The third kappa shape index (κ3) is 3.87. The molecule has 5 nitrogen and oxygen atoms in total. The first-order valence-corrected chi connectivity index (χ1v) is 7.06. The van der Waals surface area contributed by atoms with Crippen molar-refractivity contribution in [3.8, 4) is 0 Å². The number of carboxylic acid groups (broad SMARTS) is 1. The number of halogens is 3. The molecule has 1 aliphatic heterocycles. The molecule has 1 amide bonds. The topological polar surface area (TPSA) is 78.4 Å². The molecule has 1 saturated heterocycles. The number of nitrogens with one attached hydrogen (secondary N) is 2. The van der Waals surface area contributed by atoms with Crippen molar-refractivity contribution in [1.82, 2.24) is 10.6 Å². The quantitative estimate of drug-likeness (QED) is 0.718. The summed E-state index contributed by atoms with van der Waals surface area (Å²) in [6.07, 6.45) is 0.935. The van der Waals surface area contributed by atoms with E-state index in [1.807, 2.05) is 0 Å². The van der Waals surface area contributed by atoms with Crippen LogP contribution in [0.4, 0.5) is 13.2 Å². The van der Waals surface area contributed by atoms with Crippen LogP contribution in [0, 0.1) is 11.3 Å². The predicted octanol–water partition coefficient (Wildman–Crippen LogP) is 1.29. The van der Waals surface area contributed by atoms with Crippen molar-refractivity contribution in [2.45, 2.75) is 44.3 Å². The zero-order valence-electron chi connectivity index (χ0n) is 11.5. The van der Waals surface area contributed by atoms with Crippen molar-refractivity contribution in [2.75, 3.05) is 13.1 Å². The molecule has 3 aliphatic rings. The molecule has 2 atom stereocenters. The van der Waals surface area contributed by atoms with Gasteiger partial charge in [0.1, 0.15) is 0 Å². The number of carbonyl (C=O) groups is 2. The average Bonchev–Trinajstić information content (AvgIpc) is 2.81. The molecule has 1 spiro atoms. The SMILES string of the molecule is O=C(NC1CCC1)C1CC12CCNC2.O=C(O)C(F)(F)F. The molecular weight excluding hydrogens is 289 g/mol. The molecule has 0 bridgehead atoms. The lowest BCUT2D eigenvalue weighted by Gasteiger charge is -2.26. The van der Waals surface area contributed by atoms with Gasteiger partial charge >= 0.3 is 12.1 Å². The van der Waals surface area contributed by atoms with E-state index < -0.39 is 12.1 Å². The Labute approximate surface area is 120 Å². The fraction of sp³-hybridized carbons (Fsp3) is 0.846. The standard InChI is InChI=1S/C11H18N2O.C2HF3O2/c14-10(13-8-2-1-3-8)9-6-11(9)4-5-12-7-11;3-2(4,5)1(6)7/h8-9,12H,1-7H2,(H,13,14);(H,6,7). The molecule has 8 heteroatoms. The number of hydrogen-bond donors (Lipinski definition) is 3. The van der Waals surface area contributed by atoms with E-state index in [2.05, 4.69) is 10.6 Å². The van der Waals surface area contributed by atoms with Gasteiger partial charge in [0.15, 0.2) is 0 Å². The third-order valence-electron chi connectivity index (χ3n) is 4.48. The van der Waals surface area contributed by atoms with Gasteiger partial charge in [0, 0.05) is 18.5 Å². The van der Waals surface area contributed by atoms with Crippen LogP contribution in [0.2, 0.25) is 0 Å². The van der Waals surface area contributed by atoms with E-state index in [0.717, 1.165) is 19.5 Å². The van der Waals surface area contributed by atoms with Crippen LogP contribution in [0.3, 0.4) is 0 Å². The maximum atomic E-state index is 11.8. The number of hydrogen-bond acceptors (Lipinski definition) is 3. The van der Waals surface area contributed by atoms with Gasteiger partial charge in [0.25, 0.3) is 0 Å². The normalized spacial score (nSPS) is 31.1. The smallest absolute Gasteiger partial charge is 0.475 e. The molecule has 0 aromatic heterocycles. The molecule has 0 aromatic rings. The second kappa shape index (κ2) is 5.82. The molecule has 0 radical (unpaired) electrons. The van der Waals surface area contributed by atoms with E-state index in [1.165, 1.54) is 25.7 Å². The highest BCUT2D eigenvalue weighted by Gasteiger charge is 2.59. The lowest BCUT2D eigenvalue weighted by molar-refractivity contribution is -0.192. The molecule has 21 heavy (non-hydrogen) atoms. The summed E-state index contributed by atoms with van der Waals surface area (Å²) in [7, 11) is 0. The molecule has 2 saturated carbocycles. The molecular formula is C13H19F3N2O3. The van der Waals surface area contributed by atoms with Crippen LogP contribution in [-0.2, 0) is 9.59 Å². The summed E-state index contributed by atoms with van der Waals surface area (Å²) >= 11 is 0. The Bertz CT molecular complexity index is 415. The van der Waals surface area contributed by atoms with Crippen LogP contribution < -0.4 is 10.6 Å². The predicted molar refractivity (Wildman–Crippen MR) is 67.5 cm³/mol. The summed E-state index contributed by atoms with van der Waals surface area (Å²) in [6, 6.07) is 0.509.